The number of carbonyl (C=O) groups is 1. The van der Waals surface area contributed by atoms with Crippen LogP contribution in [0.4, 0.5) is 8.78 Å². The van der Waals surface area contributed by atoms with Crippen molar-refractivity contribution in [3.05, 3.63) is 51.3 Å². The summed E-state index contributed by atoms with van der Waals surface area (Å²) in [6.45, 7) is 2.04. The lowest BCUT2D eigenvalue weighted by Crippen LogP contribution is -2.04. The minimum absolute atomic E-state index is 0.237. The molecule has 4 nitrogen and oxygen atoms in total. The van der Waals surface area contributed by atoms with Gasteiger partial charge in [0.2, 0.25) is 0 Å². The van der Waals surface area contributed by atoms with Crippen LogP contribution < -0.4 is 0 Å². The Balaban J connectivity index is 2.21. The molecule has 0 atom stereocenters. The van der Waals surface area contributed by atoms with E-state index in [9.17, 15) is 18.7 Å². The maximum absolute atomic E-state index is 13.7. The summed E-state index contributed by atoms with van der Waals surface area (Å²) >= 11 is 0.983. The molecule has 0 aliphatic heterocycles. The third kappa shape index (κ3) is 2.79. The van der Waals surface area contributed by atoms with Crippen LogP contribution in [0, 0.1) is 17.9 Å². The number of benzene rings is 1. The first-order valence-electron chi connectivity index (χ1n) is 6.83. The summed E-state index contributed by atoms with van der Waals surface area (Å²) in [6.07, 6.45) is -0.237. The van der Waals surface area contributed by atoms with Gasteiger partial charge in [-0.05, 0) is 30.7 Å². The molecule has 0 fully saturated rings. The fourth-order valence-corrected chi connectivity index (χ4v) is 3.44. The Hall–Kier alpha value is -2.41. The van der Waals surface area contributed by atoms with Crippen LogP contribution in [-0.2, 0) is 17.8 Å². The lowest BCUT2D eigenvalue weighted by molar-refractivity contribution is -0.136. The molecule has 0 aliphatic carbocycles. The number of fused-ring (bicyclic) bond motifs is 1. The number of hydrogen-bond donors (Lipinski definition) is 2. The Morgan fingerprint density at radius 1 is 1.30 bits per heavy atom. The molecule has 0 unspecified atom stereocenters. The van der Waals surface area contributed by atoms with E-state index >= 15 is 0 Å². The zero-order valence-corrected chi connectivity index (χ0v) is 13.0. The lowest BCUT2D eigenvalue weighted by Gasteiger charge is -2.07. The lowest BCUT2D eigenvalue weighted by atomic mass is 10.1. The number of aliphatic carboxylic acids is 1. The SMILES string of the molecule is Cc1c(CC(=O)O)c2cc(O)c(F)cc2n1Cc1ccc(F)s1. The predicted octanol–water partition coefficient (Wildman–Crippen LogP) is 3.67. The van der Waals surface area contributed by atoms with Crippen LogP contribution in [0.2, 0.25) is 0 Å². The van der Waals surface area contributed by atoms with E-state index < -0.39 is 17.5 Å². The largest absolute Gasteiger partial charge is 0.505 e. The second kappa shape index (κ2) is 5.66. The highest BCUT2D eigenvalue weighted by Crippen LogP contribution is 2.32. The molecule has 0 saturated carbocycles. The van der Waals surface area contributed by atoms with Crippen molar-refractivity contribution < 1.29 is 23.8 Å². The van der Waals surface area contributed by atoms with Gasteiger partial charge in [0.15, 0.2) is 16.7 Å². The normalized spacial score (nSPS) is 11.3. The van der Waals surface area contributed by atoms with Gasteiger partial charge < -0.3 is 14.8 Å². The molecule has 0 radical (unpaired) electrons. The zero-order chi connectivity index (χ0) is 16.7. The second-order valence-electron chi connectivity index (χ2n) is 5.25. The van der Waals surface area contributed by atoms with E-state index in [4.69, 9.17) is 5.11 Å². The zero-order valence-electron chi connectivity index (χ0n) is 12.1. The number of rotatable bonds is 4. The van der Waals surface area contributed by atoms with Gasteiger partial charge >= 0.3 is 5.97 Å². The maximum atomic E-state index is 13.7. The number of phenols is 1. The molecule has 0 bridgehead atoms. The van der Waals surface area contributed by atoms with Gasteiger partial charge in [0.05, 0.1) is 18.5 Å². The van der Waals surface area contributed by atoms with Gasteiger partial charge in [-0.2, -0.15) is 4.39 Å². The van der Waals surface area contributed by atoms with Crippen molar-refractivity contribution in [3.63, 3.8) is 0 Å². The monoisotopic (exact) mass is 337 g/mol. The number of aromatic nitrogens is 1. The highest BCUT2D eigenvalue weighted by Gasteiger charge is 2.19. The Bertz CT molecular complexity index is 914. The number of aromatic hydroxyl groups is 1. The van der Waals surface area contributed by atoms with E-state index in [2.05, 4.69) is 0 Å². The Morgan fingerprint density at radius 2 is 2.04 bits per heavy atom. The fourth-order valence-electron chi connectivity index (χ4n) is 2.73. The molecule has 2 aromatic heterocycles. The second-order valence-corrected chi connectivity index (χ2v) is 6.37. The molecule has 0 spiro atoms. The van der Waals surface area contributed by atoms with E-state index in [1.165, 1.54) is 18.2 Å². The molecule has 2 N–H and O–H groups in total. The number of nitrogens with zero attached hydrogens (tertiary/aromatic N) is 1. The minimum Gasteiger partial charge on any atom is -0.505 e. The molecule has 3 rings (SSSR count). The summed E-state index contributed by atoms with van der Waals surface area (Å²) in [4.78, 5) is 11.8. The van der Waals surface area contributed by atoms with Crippen LogP contribution in [0.3, 0.4) is 0 Å². The van der Waals surface area contributed by atoms with Crippen LogP contribution in [0.25, 0.3) is 10.9 Å². The summed E-state index contributed by atoms with van der Waals surface area (Å²) in [5.74, 6) is -2.32. The molecule has 0 amide bonds. The molecule has 1 aromatic carbocycles. The van der Waals surface area contributed by atoms with E-state index in [0.29, 0.717) is 28.7 Å². The molecule has 23 heavy (non-hydrogen) atoms. The summed E-state index contributed by atoms with van der Waals surface area (Å²) in [7, 11) is 0. The van der Waals surface area contributed by atoms with Gasteiger partial charge in [-0.1, -0.05) is 0 Å². The van der Waals surface area contributed by atoms with E-state index in [0.717, 1.165) is 16.2 Å². The Kier molecular flexibility index (Phi) is 3.81. The van der Waals surface area contributed by atoms with Gasteiger partial charge in [-0.3, -0.25) is 4.79 Å². The smallest absolute Gasteiger partial charge is 0.307 e. The van der Waals surface area contributed by atoms with Crippen molar-refractivity contribution in [3.8, 4) is 5.75 Å². The van der Waals surface area contributed by atoms with E-state index in [1.807, 2.05) is 0 Å². The van der Waals surface area contributed by atoms with Gasteiger partial charge in [0.25, 0.3) is 0 Å². The first kappa shape index (κ1) is 15.5. The molecule has 3 aromatic rings. The number of carboxylic acid groups (broad SMARTS) is 1. The molecule has 7 heteroatoms. The van der Waals surface area contributed by atoms with Crippen molar-refractivity contribution >= 4 is 28.2 Å². The van der Waals surface area contributed by atoms with Crippen molar-refractivity contribution in [1.29, 1.82) is 0 Å². The van der Waals surface area contributed by atoms with Crippen molar-refractivity contribution in [2.75, 3.05) is 0 Å². The number of phenolic OH excluding ortho intramolecular Hbond substituents is 1. The number of hydrogen-bond acceptors (Lipinski definition) is 3. The summed E-state index contributed by atoms with van der Waals surface area (Å²) < 4.78 is 28.7. The molecular formula is C16H13F2NO3S. The van der Waals surface area contributed by atoms with Crippen molar-refractivity contribution in [2.45, 2.75) is 19.9 Å². The van der Waals surface area contributed by atoms with Gasteiger partial charge in [0, 0.05) is 22.0 Å². The topological polar surface area (TPSA) is 62.5 Å². The van der Waals surface area contributed by atoms with Gasteiger partial charge in [0.1, 0.15) is 0 Å². The van der Waals surface area contributed by atoms with Crippen LogP contribution in [0.5, 0.6) is 5.75 Å². The Morgan fingerprint density at radius 3 is 2.65 bits per heavy atom. The molecule has 120 valence electrons. The standard InChI is InChI=1S/C16H13F2NO3S/c1-8-10(5-16(21)22)11-4-14(20)12(17)6-13(11)19(8)7-9-2-3-15(18)23-9/h2-4,6,20H,5,7H2,1H3,(H,21,22). The van der Waals surface area contributed by atoms with Crippen molar-refractivity contribution in [1.82, 2.24) is 4.57 Å². The summed E-state index contributed by atoms with van der Waals surface area (Å²) in [5.41, 5.74) is 1.64. The molecule has 2 heterocycles. The maximum Gasteiger partial charge on any atom is 0.307 e. The third-order valence-corrected chi connectivity index (χ3v) is 4.65. The summed E-state index contributed by atoms with van der Waals surface area (Å²) in [5, 5.41) is 18.8. The van der Waals surface area contributed by atoms with Crippen LogP contribution in [0.1, 0.15) is 16.1 Å². The molecule has 0 saturated heterocycles. The Labute approximate surface area is 134 Å². The summed E-state index contributed by atoms with van der Waals surface area (Å²) in [6, 6.07) is 5.40. The highest BCUT2D eigenvalue weighted by atomic mass is 32.1. The van der Waals surface area contributed by atoms with E-state index in [-0.39, 0.29) is 11.6 Å². The number of carboxylic acids is 1. The first-order valence-corrected chi connectivity index (χ1v) is 7.64. The first-order chi connectivity index (χ1) is 10.9. The van der Waals surface area contributed by atoms with Crippen LogP contribution in [-0.4, -0.2) is 20.7 Å². The third-order valence-electron chi connectivity index (χ3n) is 3.79. The fraction of sp³-hybridized carbons (Fsp3) is 0.188. The molecular weight excluding hydrogens is 324 g/mol. The quantitative estimate of drug-likeness (QED) is 0.763. The minimum atomic E-state index is -1.02. The molecule has 0 aliphatic rings. The number of halogens is 2. The average Bonchev–Trinajstić information content (AvgIpc) is 2.98. The van der Waals surface area contributed by atoms with Gasteiger partial charge in [-0.25, -0.2) is 4.39 Å². The van der Waals surface area contributed by atoms with E-state index in [1.54, 1.807) is 17.6 Å². The van der Waals surface area contributed by atoms with Crippen LogP contribution >= 0.6 is 11.3 Å². The average molecular weight is 337 g/mol. The van der Waals surface area contributed by atoms with Crippen molar-refractivity contribution in [2.24, 2.45) is 0 Å². The van der Waals surface area contributed by atoms with Gasteiger partial charge in [-0.15, -0.1) is 11.3 Å². The highest BCUT2D eigenvalue weighted by molar-refractivity contribution is 7.10. The van der Waals surface area contributed by atoms with Crippen LogP contribution in [0.15, 0.2) is 24.3 Å². The predicted molar refractivity (Wildman–Crippen MR) is 83.0 cm³/mol. The number of thiophene rings is 1.